The molecule has 1 saturated heterocycles. The van der Waals surface area contributed by atoms with Gasteiger partial charge in [-0.25, -0.2) is 13.2 Å². The van der Waals surface area contributed by atoms with E-state index in [1.165, 1.54) is 54.1 Å². The second kappa shape index (κ2) is 11.4. The highest BCUT2D eigenvalue weighted by molar-refractivity contribution is 7.89. The van der Waals surface area contributed by atoms with Crippen LogP contribution in [0.15, 0.2) is 29.2 Å². The van der Waals surface area contributed by atoms with Crippen molar-refractivity contribution in [2.24, 2.45) is 0 Å². The molecular weight excluding hydrogens is 502 g/mol. The van der Waals surface area contributed by atoms with Crippen molar-refractivity contribution < 1.29 is 27.5 Å². The van der Waals surface area contributed by atoms with Crippen molar-refractivity contribution in [1.82, 2.24) is 9.21 Å². The van der Waals surface area contributed by atoms with E-state index in [0.717, 1.165) is 55.8 Å². The first-order valence-corrected chi connectivity index (χ1v) is 14.4. The summed E-state index contributed by atoms with van der Waals surface area (Å²) in [5.41, 5.74) is 1.65. The fourth-order valence-electron chi connectivity index (χ4n) is 4.68. The van der Waals surface area contributed by atoms with Crippen molar-refractivity contribution in [2.75, 3.05) is 45.7 Å². The van der Waals surface area contributed by atoms with Gasteiger partial charge in [0.2, 0.25) is 10.0 Å². The molecule has 0 spiro atoms. The maximum absolute atomic E-state index is 13.0. The third-order valence-electron chi connectivity index (χ3n) is 6.60. The van der Waals surface area contributed by atoms with Crippen LogP contribution in [0.2, 0.25) is 0 Å². The van der Waals surface area contributed by atoms with Crippen LogP contribution < -0.4 is 5.32 Å². The zero-order valence-electron chi connectivity index (χ0n) is 20.9. The van der Waals surface area contributed by atoms with Crippen molar-refractivity contribution in [3.8, 4) is 0 Å². The average molecular weight is 536 g/mol. The first kappa shape index (κ1) is 26.7. The van der Waals surface area contributed by atoms with Gasteiger partial charge in [0.1, 0.15) is 5.00 Å². The molecule has 2 aromatic rings. The van der Waals surface area contributed by atoms with Gasteiger partial charge in [-0.15, -0.1) is 11.3 Å². The Hall–Kier alpha value is -2.31. The fraction of sp³-hybridized carbons (Fsp3) is 0.520. The highest BCUT2D eigenvalue weighted by Crippen LogP contribution is 2.38. The highest BCUT2D eigenvalue weighted by Gasteiger charge is 2.30. The lowest BCUT2D eigenvalue weighted by atomic mass is 10.0. The summed E-state index contributed by atoms with van der Waals surface area (Å²) in [6.07, 6.45) is 3.45. The van der Waals surface area contributed by atoms with Gasteiger partial charge in [-0.3, -0.25) is 9.69 Å². The molecule has 11 heteroatoms. The van der Waals surface area contributed by atoms with Gasteiger partial charge in [0.05, 0.1) is 23.7 Å². The molecule has 0 bridgehead atoms. The highest BCUT2D eigenvalue weighted by atomic mass is 32.2. The molecule has 1 aromatic heterocycles. The number of amides is 1. The number of esters is 1. The quantitative estimate of drug-likeness (QED) is 0.491. The molecule has 1 aromatic carbocycles. The summed E-state index contributed by atoms with van der Waals surface area (Å²) < 4.78 is 37.7. The number of anilines is 1. The molecule has 1 N–H and O–H groups in total. The van der Waals surface area contributed by atoms with Gasteiger partial charge in [0.15, 0.2) is 0 Å². The van der Waals surface area contributed by atoms with E-state index in [-0.39, 0.29) is 11.0 Å². The van der Waals surface area contributed by atoms with Crippen molar-refractivity contribution >= 4 is 38.2 Å². The van der Waals surface area contributed by atoms with Gasteiger partial charge in [-0.1, -0.05) is 6.92 Å². The minimum Gasteiger partial charge on any atom is -0.465 e. The largest absolute Gasteiger partial charge is 0.465 e. The zero-order valence-corrected chi connectivity index (χ0v) is 22.5. The van der Waals surface area contributed by atoms with Crippen LogP contribution in [0.25, 0.3) is 0 Å². The molecule has 1 atom stereocenters. The SMILES string of the molecule is CCCN1CCc2c(sc(NC(=O)c3ccc(S(=O)(=O)N(C)CC4CCCO4)cc3)c2C(=O)OC)C1. The van der Waals surface area contributed by atoms with Crippen LogP contribution in [0.5, 0.6) is 0 Å². The van der Waals surface area contributed by atoms with E-state index in [1.54, 1.807) is 0 Å². The molecule has 1 amide bonds. The van der Waals surface area contributed by atoms with Gasteiger partial charge >= 0.3 is 5.97 Å². The second-order valence-corrected chi connectivity index (χ2v) is 12.3. The molecule has 3 heterocycles. The number of thiophene rings is 1. The van der Waals surface area contributed by atoms with Crippen molar-refractivity contribution in [3.05, 3.63) is 45.8 Å². The average Bonchev–Trinajstić information content (AvgIpc) is 3.51. The summed E-state index contributed by atoms with van der Waals surface area (Å²) in [4.78, 5) is 29.1. The smallest absolute Gasteiger partial charge is 0.341 e. The topological polar surface area (TPSA) is 105 Å². The normalized spacial score (nSPS) is 18.3. The number of rotatable bonds is 9. The Kier molecular flexibility index (Phi) is 8.46. The summed E-state index contributed by atoms with van der Waals surface area (Å²) in [6.45, 7) is 5.65. The molecule has 0 radical (unpaired) electrons. The zero-order chi connectivity index (χ0) is 25.9. The molecule has 4 rings (SSSR count). The number of hydrogen-bond donors (Lipinski definition) is 1. The van der Waals surface area contributed by atoms with Gasteiger partial charge in [-0.05, 0) is 62.1 Å². The lowest BCUT2D eigenvalue weighted by Crippen LogP contribution is -2.34. The Morgan fingerprint density at radius 1 is 1.28 bits per heavy atom. The lowest BCUT2D eigenvalue weighted by Gasteiger charge is -2.26. The molecule has 196 valence electrons. The van der Waals surface area contributed by atoms with E-state index in [0.29, 0.717) is 29.3 Å². The first-order chi connectivity index (χ1) is 17.2. The molecule has 2 aliphatic rings. The van der Waals surface area contributed by atoms with E-state index in [2.05, 4.69) is 17.1 Å². The number of carbonyl (C=O) groups is 2. The molecule has 9 nitrogen and oxygen atoms in total. The molecule has 0 aliphatic carbocycles. The molecular formula is C25H33N3O6S2. The van der Waals surface area contributed by atoms with Gasteiger partial charge < -0.3 is 14.8 Å². The predicted octanol–water partition coefficient (Wildman–Crippen LogP) is 3.35. The van der Waals surface area contributed by atoms with E-state index in [1.807, 2.05) is 0 Å². The summed E-state index contributed by atoms with van der Waals surface area (Å²) in [5.74, 6) is -0.886. The van der Waals surface area contributed by atoms with Crippen molar-refractivity contribution in [3.63, 3.8) is 0 Å². The van der Waals surface area contributed by atoms with E-state index < -0.39 is 21.9 Å². The maximum atomic E-state index is 13.0. The molecule has 2 aliphatic heterocycles. The number of nitrogens with one attached hydrogen (secondary N) is 1. The van der Waals surface area contributed by atoms with Crippen LogP contribution in [-0.2, 0) is 32.5 Å². The summed E-state index contributed by atoms with van der Waals surface area (Å²) in [7, 11) is -0.837. The fourth-order valence-corrected chi connectivity index (χ4v) is 7.15. The van der Waals surface area contributed by atoms with Crippen LogP contribution in [0, 0.1) is 0 Å². The molecule has 1 fully saturated rings. The number of hydrogen-bond acceptors (Lipinski definition) is 8. The number of fused-ring (bicyclic) bond motifs is 1. The third kappa shape index (κ3) is 5.65. The van der Waals surface area contributed by atoms with Crippen LogP contribution >= 0.6 is 11.3 Å². The molecule has 1 unspecified atom stereocenters. The third-order valence-corrected chi connectivity index (χ3v) is 9.57. The standard InChI is InChI=1S/C25H33N3O6S2/c1-4-12-28-13-11-20-21(16-28)35-24(22(20)25(30)33-3)26-23(29)17-7-9-19(10-8-17)36(31,32)27(2)15-18-6-5-14-34-18/h7-10,18H,4-6,11-16H2,1-3H3,(H,26,29). The van der Waals surface area contributed by atoms with Crippen molar-refractivity contribution in [1.29, 1.82) is 0 Å². The number of ether oxygens (including phenoxy) is 2. The maximum Gasteiger partial charge on any atom is 0.341 e. The van der Waals surface area contributed by atoms with Crippen LogP contribution in [0.4, 0.5) is 5.00 Å². The molecule has 0 saturated carbocycles. The predicted molar refractivity (Wildman–Crippen MR) is 138 cm³/mol. The van der Waals surface area contributed by atoms with E-state index >= 15 is 0 Å². The summed E-state index contributed by atoms with van der Waals surface area (Å²) in [5, 5.41) is 3.32. The Labute approximate surface area is 216 Å². The number of sulfonamides is 1. The Bertz CT molecular complexity index is 1200. The number of carbonyl (C=O) groups excluding carboxylic acids is 2. The summed E-state index contributed by atoms with van der Waals surface area (Å²) >= 11 is 1.40. The Morgan fingerprint density at radius 3 is 2.67 bits per heavy atom. The van der Waals surface area contributed by atoms with Crippen molar-refractivity contribution in [2.45, 2.75) is 50.2 Å². The van der Waals surface area contributed by atoms with E-state index in [4.69, 9.17) is 9.47 Å². The Morgan fingerprint density at radius 2 is 2.03 bits per heavy atom. The van der Waals surface area contributed by atoms with Gasteiger partial charge in [-0.2, -0.15) is 4.31 Å². The minimum absolute atomic E-state index is 0.0931. The number of likely N-dealkylation sites (N-methyl/N-ethyl adjacent to an activating group) is 1. The summed E-state index contributed by atoms with van der Waals surface area (Å²) in [6, 6.07) is 5.83. The number of methoxy groups -OCH3 is 1. The number of nitrogens with zero attached hydrogens (tertiary/aromatic N) is 2. The van der Waals surface area contributed by atoms with Crippen LogP contribution in [0.1, 0.15) is 57.3 Å². The Balaban J connectivity index is 1.50. The first-order valence-electron chi connectivity index (χ1n) is 12.2. The van der Waals surface area contributed by atoms with Crippen LogP contribution in [-0.4, -0.2) is 76.0 Å². The van der Waals surface area contributed by atoms with Gasteiger partial charge in [0, 0.05) is 43.7 Å². The molecule has 36 heavy (non-hydrogen) atoms. The second-order valence-electron chi connectivity index (χ2n) is 9.12. The van der Waals surface area contributed by atoms with Crippen LogP contribution in [0.3, 0.4) is 0 Å². The van der Waals surface area contributed by atoms with E-state index in [9.17, 15) is 18.0 Å². The monoisotopic (exact) mass is 535 g/mol. The number of benzene rings is 1. The minimum atomic E-state index is -3.70. The van der Waals surface area contributed by atoms with Gasteiger partial charge in [0.25, 0.3) is 5.91 Å². The lowest BCUT2D eigenvalue weighted by molar-refractivity contribution is 0.0600.